The SMILES string of the molecule is C[C@H]1OCCN(CC(=O)N2CCC(Cc3ccccc3)CC2)[C@@H]1C(N)=O. The van der Waals surface area contributed by atoms with Crippen LogP contribution in [0.1, 0.15) is 25.3 Å². The number of likely N-dealkylation sites (tertiary alicyclic amines) is 1. The molecule has 6 nitrogen and oxygen atoms in total. The van der Waals surface area contributed by atoms with Crippen molar-refractivity contribution in [2.24, 2.45) is 11.7 Å². The average Bonchev–Trinajstić information content (AvgIpc) is 2.63. The third-order valence-electron chi connectivity index (χ3n) is 5.56. The topological polar surface area (TPSA) is 75.9 Å². The second-order valence-corrected chi connectivity index (χ2v) is 7.41. The Balaban J connectivity index is 1.49. The number of hydrogen-bond acceptors (Lipinski definition) is 4. The summed E-state index contributed by atoms with van der Waals surface area (Å²) in [5.74, 6) is 0.290. The molecule has 2 amide bonds. The van der Waals surface area contributed by atoms with Crippen molar-refractivity contribution in [1.82, 2.24) is 9.80 Å². The largest absolute Gasteiger partial charge is 0.375 e. The summed E-state index contributed by atoms with van der Waals surface area (Å²) in [5.41, 5.74) is 6.87. The molecular weight excluding hydrogens is 330 g/mol. The van der Waals surface area contributed by atoms with Crippen molar-refractivity contribution < 1.29 is 14.3 Å². The maximum Gasteiger partial charge on any atom is 0.237 e. The normalized spacial score (nSPS) is 25.2. The van der Waals surface area contributed by atoms with Crippen LogP contribution in [-0.4, -0.2) is 66.5 Å². The van der Waals surface area contributed by atoms with Crippen LogP contribution < -0.4 is 5.73 Å². The van der Waals surface area contributed by atoms with Crippen molar-refractivity contribution in [2.45, 2.75) is 38.3 Å². The molecule has 2 saturated heterocycles. The van der Waals surface area contributed by atoms with Crippen LogP contribution in [0.4, 0.5) is 0 Å². The molecular formula is C20H29N3O3. The van der Waals surface area contributed by atoms with Gasteiger partial charge in [0.05, 0.1) is 19.3 Å². The van der Waals surface area contributed by atoms with Gasteiger partial charge in [-0.15, -0.1) is 0 Å². The van der Waals surface area contributed by atoms with Gasteiger partial charge in [-0.2, -0.15) is 0 Å². The summed E-state index contributed by atoms with van der Waals surface area (Å²) in [6, 6.07) is 10.0. The molecule has 0 radical (unpaired) electrons. The number of amides is 2. The van der Waals surface area contributed by atoms with Crippen LogP contribution in [0.3, 0.4) is 0 Å². The summed E-state index contributed by atoms with van der Waals surface area (Å²) >= 11 is 0. The first-order valence-electron chi connectivity index (χ1n) is 9.51. The molecule has 2 N–H and O–H groups in total. The second kappa shape index (κ2) is 8.64. The van der Waals surface area contributed by atoms with Gasteiger partial charge in [0.2, 0.25) is 11.8 Å². The van der Waals surface area contributed by atoms with Gasteiger partial charge in [-0.3, -0.25) is 14.5 Å². The fourth-order valence-corrected chi connectivity index (χ4v) is 4.08. The van der Waals surface area contributed by atoms with Gasteiger partial charge in [0.15, 0.2) is 0 Å². The fourth-order valence-electron chi connectivity index (χ4n) is 4.08. The van der Waals surface area contributed by atoms with Crippen LogP contribution in [0.2, 0.25) is 0 Å². The van der Waals surface area contributed by atoms with Crippen molar-refractivity contribution in [1.29, 1.82) is 0 Å². The number of nitrogens with zero attached hydrogens (tertiary/aromatic N) is 2. The van der Waals surface area contributed by atoms with Gasteiger partial charge in [-0.25, -0.2) is 0 Å². The number of piperidine rings is 1. The second-order valence-electron chi connectivity index (χ2n) is 7.41. The van der Waals surface area contributed by atoms with Crippen molar-refractivity contribution in [2.75, 3.05) is 32.8 Å². The Labute approximate surface area is 155 Å². The fraction of sp³-hybridized carbons (Fsp3) is 0.600. The maximum absolute atomic E-state index is 12.7. The molecule has 0 spiro atoms. The number of primary amides is 1. The first kappa shape index (κ1) is 18.9. The predicted octanol–water partition coefficient (Wildman–Crippen LogP) is 1.04. The molecule has 2 heterocycles. The summed E-state index contributed by atoms with van der Waals surface area (Å²) in [6.45, 7) is 4.74. The highest BCUT2D eigenvalue weighted by molar-refractivity contribution is 5.83. The lowest BCUT2D eigenvalue weighted by Crippen LogP contribution is -2.59. The summed E-state index contributed by atoms with van der Waals surface area (Å²) in [7, 11) is 0. The molecule has 1 aromatic rings. The van der Waals surface area contributed by atoms with Crippen molar-refractivity contribution in [3.05, 3.63) is 35.9 Å². The zero-order chi connectivity index (χ0) is 18.5. The van der Waals surface area contributed by atoms with E-state index in [0.717, 1.165) is 32.4 Å². The Morgan fingerprint density at radius 3 is 2.50 bits per heavy atom. The lowest BCUT2D eigenvalue weighted by Gasteiger charge is -2.39. The monoisotopic (exact) mass is 359 g/mol. The van der Waals surface area contributed by atoms with Gasteiger partial charge < -0.3 is 15.4 Å². The minimum atomic E-state index is -0.525. The van der Waals surface area contributed by atoms with Gasteiger partial charge >= 0.3 is 0 Å². The van der Waals surface area contributed by atoms with E-state index in [1.54, 1.807) is 0 Å². The minimum absolute atomic E-state index is 0.0866. The third-order valence-corrected chi connectivity index (χ3v) is 5.56. The van der Waals surface area contributed by atoms with E-state index in [1.807, 2.05) is 22.8 Å². The Morgan fingerprint density at radius 1 is 1.15 bits per heavy atom. The highest BCUT2D eigenvalue weighted by atomic mass is 16.5. The molecule has 2 aliphatic heterocycles. The Kier molecular flexibility index (Phi) is 6.27. The van der Waals surface area contributed by atoms with Crippen molar-refractivity contribution >= 4 is 11.8 Å². The number of benzene rings is 1. The zero-order valence-electron chi connectivity index (χ0n) is 15.5. The summed E-state index contributed by atoms with van der Waals surface area (Å²) < 4.78 is 5.51. The molecule has 2 fully saturated rings. The van der Waals surface area contributed by atoms with Gasteiger partial charge in [0, 0.05) is 19.6 Å². The maximum atomic E-state index is 12.7. The highest BCUT2D eigenvalue weighted by Gasteiger charge is 2.35. The smallest absolute Gasteiger partial charge is 0.237 e. The van der Waals surface area contributed by atoms with E-state index in [0.29, 0.717) is 19.1 Å². The van der Waals surface area contributed by atoms with Gasteiger partial charge in [0.1, 0.15) is 6.04 Å². The Bertz CT molecular complexity index is 614. The van der Waals surface area contributed by atoms with Crippen LogP contribution in [0.5, 0.6) is 0 Å². The van der Waals surface area contributed by atoms with Crippen molar-refractivity contribution in [3.8, 4) is 0 Å². The molecule has 26 heavy (non-hydrogen) atoms. The summed E-state index contributed by atoms with van der Waals surface area (Å²) in [6.07, 6.45) is 2.86. The quantitative estimate of drug-likeness (QED) is 0.852. The number of rotatable bonds is 5. The average molecular weight is 359 g/mol. The highest BCUT2D eigenvalue weighted by Crippen LogP contribution is 2.22. The van der Waals surface area contributed by atoms with E-state index in [2.05, 4.69) is 24.3 Å². The number of morpholine rings is 1. The lowest BCUT2D eigenvalue weighted by atomic mass is 9.90. The molecule has 1 aromatic carbocycles. The van der Waals surface area contributed by atoms with E-state index in [9.17, 15) is 9.59 Å². The number of nitrogens with two attached hydrogens (primary N) is 1. The summed E-state index contributed by atoms with van der Waals surface area (Å²) in [5, 5.41) is 0. The van der Waals surface area contributed by atoms with E-state index in [1.165, 1.54) is 5.56 Å². The van der Waals surface area contributed by atoms with Crippen LogP contribution in [0.15, 0.2) is 30.3 Å². The molecule has 2 atom stereocenters. The molecule has 3 rings (SSSR count). The van der Waals surface area contributed by atoms with Gasteiger partial charge in [-0.05, 0) is 37.7 Å². The molecule has 2 aliphatic rings. The predicted molar refractivity (Wildman–Crippen MR) is 99.4 cm³/mol. The van der Waals surface area contributed by atoms with Crippen LogP contribution >= 0.6 is 0 Å². The molecule has 6 heteroatoms. The van der Waals surface area contributed by atoms with Gasteiger partial charge in [0.25, 0.3) is 0 Å². The molecule has 0 aliphatic carbocycles. The Morgan fingerprint density at radius 2 is 1.85 bits per heavy atom. The Hall–Kier alpha value is -1.92. The number of carbonyl (C=O) groups excluding carboxylic acids is 2. The van der Waals surface area contributed by atoms with E-state index < -0.39 is 11.9 Å². The molecule has 142 valence electrons. The molecule has 0 bridgehead atoms. The van der Waals surface area contributed by atoms with Crippen LogP contribution in [-0.2, 0) is 20.7 Å². The van der Waals surface area contributed by atoms with E-state index in [4.69, 9.17) is 10.5 Å². The minimum Gasteiger partial charge on any atom is -0.375 e. The number of hydrogen-bond donors (Lipinski definition) is 1. The van der Waals surface area contributed by atoms with Crippen LogP contribution in [0, 0.1) is 5.92 Å². The first-order chi connectivity index (χ1) is 12.5. The standard InChI is InChI=1S/C20H29N3O3/c1-15-19(20(21)25)23(11-12-26-15)14-18(24)22-9-7-17(8-10-22)13-16-5-3-2-4-6-16/h2-6,15,17,19H,7-14H2,1H3,(H2,21,25)/t15-,19+/m1/s1. The van der Waals surface area contributed by atoms with Crippen molar-refractivity contribution in [3.63, 3.8) is 0 Å². The molecule has 0 saturated carbocycles. The van der Waals surface area contributed by atoms with E-state index >= 15 is 0 Å². The first-order valence-corrected chi connectivity index (χ1v) is 9.51. The third kappa shape index (κ3) is 4.62. The number of carbonyl (C=O) groups is 2. The van der Waals surface area contributed by atoms with E-state index in [-0.39, 0.29) is 18.6 Å². The van der Waals surface area contributed by atoms with Crippen LogP contribution in [0.25, 0.3) is 0 Å². The lowest BCUT2D eigenvalue weighted by molar-refractivity contribution is -0.143. The zero-order valence-corrected chi connectivity index (χ0v) is 15.5. The molecule has 0 aromatic heterocycles. The summed E-state index contributed by atoms with van der Waals surface area (Å²) in [4.78, 5) is 28.2. The number of ether oxygens (including phenoxy) is 1. The van der Waals surface area contributed by atoms with Gasteiger partial charge in [-0.1, -0.05) is 30.3 Å². The molecule has 0 unspecified atom stereocenters.